The van der Waals surface area contributed by atoms with Crippen molar-refractivity contribution in [3.8, 4) is 0 Å². The van der Waals surface area contributed by atoms with E-state index in [9.17, 15) is 0 Å². The van der Waals surface area contributed by atoms with Crippen LogP contribution in [0.5, 0.6) is 0 Å². The van der Waals surface area contributed by atoms with Crippen LogP contribution in [0.4, 0.5) is 0 Å². The highest BCUT2D eigenvalue weighted by Gasteiger charge is 2.26. The molecule has 0 fully saturated rings. The zero-order valence-corrected chi connectivity index (χ0v) is 10.1. The Hall–Kier alpha value is -0.350. The van der Waals surface area contributed by atoms with Crippen molar-refractivity contribution in [2.24, 2.45) is 12.8 Å². The lowest BCUT2D eigenvalue weighted by molar-refractivity contribution is 0.509. The second-order valence-electron chi connectivity index (χ2n) is 3.96. The summed E-state index contributed by atoms with van der Waals surface area (Å²) in [6, 6.07) is 0. The quantitative estimate of drug-likeness (QED) is 0.863. The van der Waals surface area contributed by atoms with Gasteiger partial charge < -0.3 is 5.73 Å². The largest absolute Gasteiger partial charge is 0.330 e. The number of hydrogen-bond acceptors (Lipinski definition) is 2. The molecule has 0 saturated heterocycles. The van der Waals surface area contributed by atoms with Gasteiger partial charge in [-0.25, -0.2) is 0 Å². The van der Waals surface area contributed by atoms with Crippen molar-refractivity contribution in [1.29, 1.82) is 0 Å². The number of hydrogen-bond donors (Lipinski definition) is 1. The smallest absolute Gasteiger partial charge is 0.0838 e. The Morgan fingerprint density at radius 3 is 2.38 bits per heavy atom. The molecule has 13 heavy (non-hydrogen) atoms. The molecular weight excluding hydrogens is 230 g/mol. The molecule has 0 radical (unpaired) electrons. The molecule has 0 aliphatic carbocycles. The van der Waals surface area contributed by atoms with Crippen LogP contribution in [0, 0.1) is 6.92 Å². The summed E-state index contributed by atoms with van der Waals surface area (Å²) in [4.78, 5) is 0. The van der Waals surface area contributed by atoms with Gasteiger partial charge in [0.15, 0.2) is 0 Å². The summed E-state index contributed by atoms with van der Waals surface area (Å²) in [5, 5.41) is 4.44. The van der Waals surface area contributed by atoms with Crippen molar-refractivity contribution in [1.82, 2.24) is 9.78 Å². The Bertz CT molecular complexity index is 315. The van der Waals surface area contributed by atoms with E-state index < -0.39 is 0 Å². The first-order valence-corrected chi connectivity index (χ1v) is 5.09. The molecule has 0 saturated carbocycles. The third-order valence-electron chi connectivity index (χ3n) is 2.41. The number of nitrogens with two attached hydrogens (primary N) is 1. The second kappa shape index (κ2) is 3.42. The third-order valence-corrected chi connectivity index (χ3v) is 3.36. The maximum Gasteiger partial charge on any atom is 0.0838 e. The van der Waals surface area contributed by atoms with Gasteiger partial charge in [0.05, 0.1) is 10.2 Å². The van der Waals surface area contributed by atoms with Gasteiger partial charge in [-0.1, -0.05) is 13.8 Å². The van der Waals surface area contributed by atoms with Crippen LogP contribution in [0.25, 0.3) is 0 Å². The fourth-order valence-corrected chi connectivity index (χ4v) is 1.98. The van der Waals surface area contributed by atoms with Gasteiger partial charge in [-0.15, -0.1) is 0 Å². The number of nitrogens with zero attached hydrogens (tertiary/aromatic N) is 2. The monoisotopic (exact) mass is 245 g/mol. The second-order valence-corrected chi connectivity index (χ2v) is 4.75. The van der Waals surface area contributed by atoms with Gasteiger partial charge in [-0.3, -0.25) is 4.68 Å². The molecule has 1 aromatic heterocycles. The molecular formula is C9H16BrN3. The molecule has 0 aromatic carbocycles. The highest BCUT2D eigenvalue weighted by atomic mass is 79.9. The fraction of sp³-hybridized carbons (Fsp3) is 0.667. The summed E-state index contributed by atoms with van der Waals surface area (Å²) >= 11 is 3.54. The summed E-state index contributed by atoms with van der Waals surface area (Å²) in [6.07, 6.45) is 0. The van der Waals surface area contributed by atoms with Crippen LogP contribution in [0.3, 0.4) is 0 Å². The van der Waals surface area contributed by atoms with Crippen molar-refractivity contribution < 1.29 is 0 Å². The molecule has 0 spiro atoms. The normalized spacial score (nSPS) is 12.2. The maximum absolute atomic E-state index is 5.70. The Labute approximate surface area is 87.4 Å². The fourth-order valence-electron chi connectivity index (χ4n) is 1.11. The number of aromatic nitrogens is 2. The minimum Gasteiger partial charge on any atom is -0.330 e. The molecule has 1 rings (SSSR count). The van der Waals surface area contributed by atoms with Crippen LogP contribution in [0.2, 0.25) is 0 Å². The summed E-state index contributed by atoms with van der Waals surface area (Å²) in [5.41, 5.74) is 7.80. The van der Waals surface area contributed by atoms with E-state index in [1.807, 2.05) is 18.7 Å². The lowest BCUT2D eigenvalue weighted by Gasteiger charge is -2.20. The van der Waals surface area contributed by atoms with Crippen molar-refractivity contribution >= 4 is 15.9 Å². The van der Waals surface area contributed by atoms with E-state index in [2.05, 4.69) is 34.9 Å². The van der Waals surface area contributed by atoms with Gasteiger partial charge in [0.25, 0.3) is 0 Å². The maximum atomic E-state index is 5.70. The topological polar surface area (TPSA) is 43.8 Å². The van der Waals surface area contributed by atoms with Crippen LogP contribution in [0.15, 0.2) is 4.47 Å². The molecule has 74 valence electrons. The van der Waals surface area contributed by atoms with Gasteiger partial charge in [-0.05, 0) is 22.9 Å². The lowest BCUT2D eigenvalue weighted by atomic mass is 9.89. The zero-order valence-electron chi connectivity index (χ0n) is 8.56. The molecule has 0 atom stereocenters. The third kappa shape index (κ3) is 1.79. The molecule has 0 aliphatic heterocycles. The summed E-state index contributed by atoms with van der Waals surface area (Å²) < 4.78 is 2.95. The number of aryl methyl sites for hydroxylation is 1. The van der Waals surface area contributed by atoms with E-state index in [-0.39, 0.29) is 5.41 Å². The molecule has 0 unspecified atom stereocenters. The highest BCUT2D eigenvalue weighted by molar-refractivity contribution is 9.10. The molecule has 4 heteroatoms. The highest BCUT2D eigenvalue weighted by Crippen LogP contribution is 2.30. The standard InChI is InChI=1S/C9H16BrN3/c1-6-7(10)8(12-13(6)4)9(2,3)5-11/h5,11H2,1-4H3. The van der Waals surface area contributed by atoms with E-state index in [0.29, 0.717) is 6.54 Å². The van der Waals surface area contributed by atoms with E-state index in [1.165, 1.54) is 0 Å². The van der Waals surface area contributed by atoms with Crippen LogP contribution in [0.1, 0.15) is 25.2 Å². The van der Waals surface area contributed by atoms with Crippen LogP contribution in [-0.2, 0) is 12.5 Å². The minimum atomic E-state index is -0.0646. The lowest BCUT2D eigenvalue weighted by Crippen LogP contribution is -2.29. The van der Waals surface area contributed by atoms with Gasteiger partial charge in [0.2, 0.25) is 0 Å². The summed E-state index contributed by atoms with van der Waals surface area (Å²) in [5.74, 6) is 0. The van der Waals surface area contributed by atoms with Crippen LogP contribution in [-0.4, -0.2) is 16.3 Å². The predicted molar refractivity (Wildman–Crippen MR) is 57.7 cm³/mol. The summed E-state index contributed by atoms with van der Waals surface area (Å²) in [6.45, 7) is 6.83. The van der Waals surface area contributed by atoms with Crippen molar-refractivity contribution in [2.45, 2.75) is 26.2 Å². The first kappa shape index (κ1) is 10.7. The average Bonchev–Trinajstić information content (AvgIpc) is 2.33. The minimum absolute atomic E-state index is 0.0646. The first-order chi connectivity index (χ1) is 5.90. The van der Waals surface area contributed by atoms with Gasteiger partial charge in [0.1, 0.15) is 0 Å². The van der Waals surface area contributed by atoms with E-state index in [1.54, 1.807) is 0 Å². The number of halogens is 1. The molecule has 0 bridgehead atoms. The van der Waals surface area contributed by atoms with Crippen LogP contribution < -0.4 is 5.73 Å². The Morgan fingerprint density at radius 1 is 1.54 bits per heavy atom. The Morgan fingerprint density at radius 2 is 2.08 bits per heavy atom. The van der Waals surface area contributed by atoms with E-state index >= 15 is 0 Å². The molecule has 3 nitrogen and oxygen atoms in total. The van der Waals surface area contributed by atoms with Gasteiger partial charge in [0, 0.05) is 24.7 Å². The first-order valence-electron chi connectivity index (χ1n) is 4.30. The van der Waals surface area contributed by atoms with E-state index in [0.717, 1.165) is 15.9 Å². The van der Waals surface area contributed by atoms with Crippen LogP contribution >= 0.6 is 15.9 Å². The zero-order chi connectivity index (χ0) is 10.2. The molecule has 2 N–H and O–H groups in total. The predicted octanol–water partition coefficient (Wildman–Crippen LogP) is 1.73. The van der Waals surface area contributed by atoms with E-state index in [4.69, 9.17) is 5.73 Å². The SMILES string of the molecule is Cc1c(Br)c(C(C)(C)CN)nn1C. The van der Waals surface area contributed by atoms with Gasteiger partial charge in [-0.2, -0.15) is 5.10 Å². The van der Waals surface area contributed by atoms with Gasteiger partial charge >= 0.3 is 0 Å². The Kier molecular flexibility index (Phi) is 2.82. The molecule has 1 heterocycles. The number of rotatable bonds is 2. The van der Waals surface area contributed by atoms with Crippen molar-refractivity contribution in [2.75, 3.05) is 6.54 Å². The average molecular weight is 246 g/mol. The Balaban J connectivity index is 3.23. The molecule has 0 aliphatic rings. The molecule has 0 amide bonds. The molecule has 1 aromatic rings. The summed E-state index contributed by atoms with van der Waals surface area (Å²) in [7, 11) is 1.94. The van der Waals surface area contributed by atoms with Crippen molar-refractivity contribution in [3.05, 3.63) is 15.9 Å². The van der Waals surface area contributed by atoms with Crippen molar-refractivity contribution in [3.63, 3.8) is 0 Å².